The van der Waals surface area contributed by atoms with Crippen LogP contribution in [0.4, 0.5) is 5.69 Å². The SMILES string of the molecule is CCc1c(-c2ccc(Br)s2)sc(C(=O)O)c1N. The number of nitrogen functional groups attached to an aromatic ring is 1. The summed E-state index contributed by atoms with van der Waals surface area (Å²) < 4.78 is 1.03. The Morgan fingerprint density at radius 3 is 2.65 bits per heavy atom. The van der Waals surface area contributed by atoms with Crippen LogP contribution in [0.15, 0.2) is 15.9 Å². The summed E-state index contributed by atoms with van der Waals surface area (Å²) in [6, 6.07) is 3.93. The van der Waals surface area contributed by atoms with Crippen LogP contribution in [0.1, 0.15) is 22.2 Å². The maximum Gasteiger partial charge on any atom is 0.348 e. The summed E-state index contributed by atoms with van der Waals surface area (Å²) >= 11 is 6.24. The summed E-state index contributed by atoms with van der Waals surface area (Å²) in [6.45, 7) is 1.98. The fourth-order valence-electron chi connectivity index (χ4n) is 1.62. The molecule has 6 heteroatoms. The molecule has 3 nitrogen and oxygen atoms in total. The number of rotatable bonds is 3. The van der Waals surface area contributed by atoms with Crippen molar-refractivity contribution in [1.82, 2.24) is 0 Å². The number of halogens is 1. The van der Waals surface area contributed by atoms with Gasteiger partial charge in [0.25, 0.3) is 0 Å². The van der Waals surface area contributed by atoms with Gasteiger partial charge in [0.05, 0.1) is 14.4 Å². The molecule has 2 rings (SSSR count). The third kappa shape index (κ3) is 2.25. The second kappa shape index (κ2) is 4.80. The van der Waals surface area contributed by atoms with E-state index >= 15 is 0 Å². The molecule has 90 valence electrons. The lowest BCUT2D eigenvalue weighted by atomic mass is 10.1. The molecule has 2 aromatic rings. The number of anilines is 1. The molecule has 0 amide bonds. The number of carboxylic acid groups (broad SMARTS) is 1. The molecule has 0 fully saturated rings. The number of aromatic carboxylic acids is 1. The highest BCUT2D eigenvalue weighted by Crippen LogP contribution is 2.42. The molecule has 0 aromatic carbocycles. The monoisotopic (exact) mass is 331 g/mol. The van der Waals surface area contributed by atoms with Crippen molar-refractivity contribution in [3.63, 3.8) is 0 Å². The van der Waals surface area contributed by atoms with Crippen LogP contribution < -0.4 is 5.73 Å². The summed E-state index contributed by atoms with van der Waals surface area (Å²) in [6.07, 6.45) is 0.737. The highest BCUT2D eigenvalue weighted by Gasteiger charge is 2.20. The number of nitrogens with two attached hydrogens (primary N) is 1. The van der Waals surface area contributed by atoms with Gasteiger partial charge in [-0.05, 0) is 40.0 Å². The zero-order valence-corrected chi connectivity index (χ0v) is 12.2. The molecule has 2 aromatic heterocycles. The Labute approximate surface area is 115 Å². The third-order valence-electron chi connectivity index (χ3n) is 2.39. The summed E-state index contributed by atoms with van der Waals surface area (Å²) in [5, 5.41) is 9.08. The van der Waals surface area contributed by atoms with Gasteiger partial charge in [-0.3, -0.25) is 0 Å². The van der Waals surface area contributed by atoms with Gasteiger partial charge in [-0.2, -0.15) is 0 Å². The molecule has 0 bridgehead atoms. The number of hydrogen-bond acceptors (Lipinski definition) is 4. The Morgan fingerprint density at radius 1 is 1.47 bits per heavy atom. The standard InChI is InChI=1S/C11H10BrNO2S2/c1-2-5-8(13)10(11(14)15)17-9(5)6-3-4-7(12)16-6/h3-4H,2,13H2,1H3,(H,14,15). The van der Waals surface area contributed by atoms with Gasteiger partial charge >= 0.3 is 5.97 Å². The lowest BCUT2D eigenvalue weighted by Crippen LogP contribution is -1.99. The maximum absolute atomic E-state index is 11.1. The van der Waals surface area contributed by atoms with Gasteiger partial charge in [-0.25, -0.2) is 4.79 Å². The zero-order valence-electron chi connectivity index (χ0n) is 8.99. The second-order valence-corrected chi connectivity index (χ2v) is 6.90. The number of thiophene rings is 2. The number of hydrogen-bond donors (Lipinski definition) is 2. The molecule has 2 heterocycles. The van der Waals surface area contributed by atoms with Crippen LogP contribution in [0, 0.1) is 0 Å². The summed E-state index contributed by atoms with van der Waals surface area (Å²) in [5.41, 5.74) is 7.22. The van der Waals surface area contributed by atoms with Crippen molar-refractivity contribution < 1.29 is 9.90 Å². The van der Waals surface area contributed by atoms with Crippen LogP contribution in [0.5, 0.6) is 0 Å². The lowest BCUT2D eigenvalue weighted by Gasteiger charge is -1.99. The van der Waals surface area contributed by atoms with E-state index in [4.69, 9.17) is 10.8 Å². The van der Waals surface area contributed by atoms with Crippen molar-refractivity contribution in [1.29, 1.82) is 0 Å². The van der Waals surface area contributed by atoms with E-state index in [0.717, 1.165) is 25.5 Å². The highest BCUT2D eigenvalue weighted by atomic mass is 79.9. The first-order chi connectivity index (χ1) is 8.04. The van der Waals surface area contributed by atoms with Gasteiger partial charge in [0.2, 0.25) is 0 Å². The highest BCUT2D eigenvalue weighted by molar-refractivity contribution is 9.11. The van der Waals surface area contributed by atoms with E-state index in [9.17, 15) is 4.79 Å². The molecular weight excluding hydrogens is 322 g/mol. The normalized spacial score (nSPS) is 10.7. The lowest BCUT2D eigenvalue weighted by molar-refractivity contribution is 0.0703. The van der Waals surface area contributed by atoms with Crippen molar-refractivity contribution in [2.24, 2.45) is 0 Å². The van der Waals surface area contributed by atoms with Crippen molar-refractivity contribution >= 4 is 50.3 Å². The quantitative estimate of drug-likeness (QED) is 0.890. The van der Waals surface area contributed by atoms with Crippen LogP contribution in [0.25, 0.3) is 9.75 Å². The molecule has 0 saturated carbocycles. The molecule has 3 N–H and O–H groups in total. The first kappa shape index (κ1) is 12.6. The van der Waals surface area contributed by atoms with Crippen LogP contribution in [-0.2, 0) is 6.42 Å². The largest absolute Gasteiger partial charge is 0.477 e. The van der Waals surface area contributed by atoms with Gasteiger partial charge in [-0.1, -0.05) is 6.92 Å². The van der Waals surface area contributed by atoms with Gasteiger partial charge < -0.3 is 10.8 Å². The fourth-order valence-corrected chi connectivity index (χ4v) is 4.30. The molecule has 0 unspecified atom stereocenters. The Balaban J connectivity index is 2.61. The topological polar surface area (TPSA) is 63.3 Å². The van der Waals surface area contributed by atoms with E-state index in [-0.39, 0.29) is 4.88 Å². The fraction of sp³-hybridized carbons (Fsp3) is 0.182. The number of carbonyl (C=O) groups is 1. The van der Waals surface area contributed by atoms with Crippen LogP contribution in [-0.4, -0.2) is 11.1 Å². The van der Waals surface area contributed by atoms with Gasteiger partial charge in [0.15, 0.2) is 0 Å². The van der Waals surface area contributed by atoms with Crippen LogP contribution in [0.2, 0.25) is 0 Å². The average molecular weight is 332 g/mol. The number of carboxylic acids is 1. The first-order valence-corrected chi connectivity index (χ1v) is 7.37. The van der Waals surface area contributed by atoms with Crippen LogP contribution in [0.3, 0.4) is 0 Å². The predicted molar refractivity (Wildman–Crippen MR) is 76.1 cm³/mol. The zero-order chi connectivity index (χ0) is 12.6. The van der Waals surface area contributed by atoms with Crippen LogP contribution >= 0.6 is 38.6 Å². The van der Waals surface area contributed by atoms with E-state index in [1.807, 2.05) is 19.1 Å². The molecule has 0 aliphatic rings. The summed E-state index contributed by atoms with van der Waals surface area (Å²) in [7, 11) is 0. The van der Waals surface area contributed by atoms with Gasteiger partial charge in [0.1, 0.15) is 4.88 Å². The maximum atomic E-state index is 11.1. The molecule has 17 heavy (non-hydrogen) atoms. The first-order valence-electron chi connectivity index (χ1n) is 4.94. The van der Waals surface area contributed by atoms with E-state index in [2.05, 4.69) is 15.9 Å². The molecule has 0 radical (unpaired) electrons. The minimum atomic E-state index is -0.955. The summed E-state index contributed by atoms with van der Waals surface area (Å²) in [5.74, 6) is -0.955. The van der Waals surface area contributed by atoms with Crippen molar-refractivity contribution in [2.45, 2.75) is 13.3 Å². The smallest absolute Gasteiger partial charge is 0.348 e. The van der Waals surface area contributed by atoms with Gasteiger partial charge in [0, 0.05) is 4.88 Å². The molecule has 0 aliphatic heterocycles. The molecule has 0 spiro atoms. The second-order valence-electron chi connectivity index (χ2n) is 3.42. The van der Waals surface area contributed by atoms with E-state index < -0.39 is 5.97 Å². The minimum Gasteiger partial charge on any atom is -0.477 e. The third-order valence-corrected chi connectivity index (χ3v) is 5.43. The van der Waals surface area contributed by atoms with Crippen molar-refractivity contribution in [3.05, 3.63) is 26.4 Å². The molecular formula is C11H10BrNO2S2. The van der Waals surface area contributed by atoms with Gasteiger partial charge in [-0.15, -0.1) is 22.7 Å². The van der Waals surface area contributed by atoms with Crippen molar-refractivity contribution in [2.75, 3.05) is 5.73 Å². The average Bonchev–Trinajstić information content (AvgIpc) is 2.82. The molecule has 0 aliphatic carbocycles. The molecule has 0 atom stereocenters. The Morgan fingerprint density at radius 2 is 2.18 bits per heavy atom. The Bertz CT molecular complexity index is 574. The Hall–Kier alpha value is -0.850. The summed E-state index contributed by atoms with van der Waals surface area (Å²) in [4.78, 5) is 13.3. The van der Waals surface area contributed by atoms with E-state index in [1.54, 1.807) is 11.3 Å². The van der Waals surface area contributed by atoms with E-state index in [0.29, 0.717) is 5.69 Å². The molecule has 0 saturated heterocycles. The predicted octanol–water partition coefficient (Wildman–Crippen LogP) is 4.08. The van der Waals surface area contributed by atoms with E-state index in [1.165, 1.54) is 11.3 Å². The van der Waals surface area contributed by atoms with Crippen molar-refractivity contribution in [3.8, 4) is 9.75 Å². The Kier molecular flexibility index (Phi) is 3.56. The minimum absolute atomic E-state index is 0.237.